The minimum atomic E-state index is -0.224. The Morgan fingerprint density at radius 3 is 2.43 bits per heavy atom. The van der Waals surface area contributed by atoms with Gasteiger partial charge in [-0.25, -0.2) is 0 Å². The molecule has 0 aliphatic carbocycles. The van der Waals surface area contributed by atoms with Crippen molar-refractivity contribution in [1.29, 1.82) is 0 Å². The molecule has 1 aromatic rings. The topological polar surface area (TPSA) is 93.5 Å². The number of halogens is 1. The molecule has 0 saturated heterocycles. The van der Waals surface area contributed by atoms with E-state index >= 15 is 0 Å². The molecule has 0 radical (unpaired) electrons. The molecule has 1 unspecified atom stereocenters. The van der Waals surface area contributed by atoms with Gasteiger partial charge in [-0.3, -0.25) is 9.59 Å². The van der Waals surface area contributed by atoms with E-state index in [1.54, 1.807) is 38.2 Å². The molecule has 0 spiro atoms. The second-order valence-corrected chi connectivity index (χ2v) is 4.42. The van der Waals surface area contributed by atoms with Gasteiger partial charge in [-0.05, 0) is 24.3 Å². The van der Waals surface area contributed by atoms with Crippen molar-refractivity contribution in [3.05, 3.63) is 24.3 Å². The van der Waals surface area contributed by atoms with Crippen LogP contribution in [0.5, 0.6) is 5.75 Å². The molecule has 7 heteroatoms. The van der Waals surface area contributed by atoms with Gasteiger partial charge in [0.2, 0.25) is 11.8 Å². The highest BCUT2D eigenvalue weighted by Crippen LogP contribution is 2.16. The van der Waals surface area contributed by atoms with Crippen LogP contribution in [0.2, 0.25) is 0 Å². The maximum absolute atomic E-state index is 11.6. The summed E-state index contributed by atoms with van der Waals surface area (Å²) < 4.78 is 5.41. The standard InChI is InChI=1S/C14H21N3O3.ClH/c1-10(9-15)14(19)17-11-3-5-12(6-4-11)20-8-7-13(18)16-2;/h3-6,10H,7-9,15H2,1-2H3,(H,16,18)(H,17,19);1H. The summed E-state index contributed by atoms with van der Waals surface area (Å²) in [7, 11) is 1.59. The number of carbonyl (C=O) groups excluding carboxylic acids is 2. The molecule has 0 aliphatic rings. The molecule has 1 aromatic carbocycles. The third-order valence-electron chi connectivity index (χ3n) is 2.80. The van der Waals surface area contributed by atoms with Crippen LogP contribution >= 0.6 is 12.4 Å². The van der Waals surface area contributed by atoms with Crippen molar-refractivity contribution < 1.29 is 14.3 Å². The van der Waals surface area contributed by atoms with Gasteiger partial charge in [0.15, 0.2) is 0 Å². The Kier molecular flexibility index (Phi) is 9.16. The van der Waals surface area contributed by atoms with Gasteiger partial charge >= 0.3 is 0 Å². The zero-order valence-electron chi connectivity index (χ0n) is 12.2. The second-order valence-electron chi connectivity index (χ2n) is 4.42. The summed E-state index contributed by atoms with van der Waals surface area (Å²) in [5.74, 6) is 0.252. The summed E-state index contributed by atoms with van der Waals surface area (Å²) in [5.41, 5.74) is 6.12. The van der Waals surface area contributed by atoms with Gasteiger partial charge in [0.25, 0.3) is 0 Å². The van der Waals surface area contributed by atoms with Gasteiger partial charge < -0.3 is 21.1 Å². The minimum absolute atomic E-state index is 0. The number of carbonyl (C=O) groups is 2. The fourth-order valence-corrected chi connectivity index (χ4v) is 1.39. The molecule has 0 aliphatic heterocycles. The lowest BCUT2D eigenvalue weighted by molar-refractivity contribution is -0.121. The van der Waals surface area contributed by atoms with Gasteiger partial charge in [-0.1, -0.05) is 6.92 Å². The van der Waals surface area contributed by atoms with E-state index in [2.05, 4.69) is 10.6 Å². The third kappa shape index (κ3) is 6.97. The van der Waals surface area contributed by atoms with Gasteiger partial charge in [-0.15, -0.1) is 12.4 Å². The predicted molar refractivity (Wildman–Crippen MR) is 84.7 cm³/mol. The molecule has 0 heterocycles. The zero-order chi connectivity index (χ0) is 15.0. The van der Waals surface area contributed by atoms with Crippen LogP contribution in [0, 0.1) is 5.92 Å². The molecule has 1 atom stereocenters. The number of hydrogen-bond donors (Lipinski definition) is 3. The molecule has 0 bridgehead atoms. The molecule has 4 N–H and O–H groups in total. The highest BCUT2D eigenvalue weighted by Gasteiger charge is 2.10. The van der Waals surface area contributed by atoms with Crippen molar-refractivity contribution in [3.63, 3.8) is 0 Å². The van der Waals surface area contributed by atoms with Crippen molar-refractivity contribution in [2.45, 2.75) is 13.3 Å². The zero-order valence-corrected chi connectivity index (χ0v) is 13.0. The first kappa shape index (κ1) is 19.2. The first-order valence-electron chi connectivity index (χ1n) is 6.51. The lowest BCUT2D eigenvalue weighted by atomic mass is 10.1. The van der Waals surface area contributed by atoms with Crippen molar-refractivity contribution in [2.75, 3.05) is 25.5 Å². The quantitative estimate of drug-likeness (QED) is 0.704. The maximum Gasteiger partial charge on any atom is 0.228 e. The number of nitrogens with two attached hydrogens (primary N) is 1. The minimum Gasteiger partial charge on any atom is -0.493 e. The number of ether oxygens (including phenoxy) is 1. The Hall–Kier alpha value is -1.79. The first-order valence-corrected chi connectivity index (χ1v) is 6.51. The number of anilines is 1. The lowest BCUT2D eigenvalue weighted by Crippen LogP contribution is -2.26. The molecule has 0 fully saturated rings. The van der Waals surface area contributed by atoms with Crippen LogP contribution in [0.3, 0.4) is 0 Å². The van der Waals surface area contributed by atoms with E-state index in [0.29, 0.717) is 31.0 Å². The fourth-order valence-electron chi connectivity index (χ4n) is 1.39. The number of rotatable bonds is 7. The molecular weight excluding hydrogens is 294 g/mol. The van der Waals surface area contributed by atoms with E-state index < -0.39 is 0 Å². The Balaban J connectivity index is 0.00000400. The second kappa shape index (κ2) is 10.0. The number of hydrogen-bond acceptors (Lipinski definition) is 4. The van der Waals surface area contributed by atoms with E-state index in [4.69, 9.17) is 10.5 Å². The Bertz CT molecular complexity index is 451. The summed E-state index contributed by atoms with van der Waals surface area (Å²) in [4.78, 5) is 22.7. The first-order chi connectivity index (χ1) is 9.56. The smallest absolute Gasteiger partial charge is 0.228 e. The summed E-state index contributed by atoms with van der Waals surface area (Å²) in [5, 5.41) is 5.29. The molecule has 0 aromatic heterocycles. The highest BCUT2D eigenvalue weighted by atomic mass is 35.5. The van der Waals surface area contributed by atoms with Crippen molar-refractivity contribution in [1.82, 2.24) is 5.32 Å². The van der Waals surface area contributed by atoms with Gasteiger partial charge in [-0.2, -0.15) is 0 Å². The van der Waals surface area contributed by atoms with E-state index in [-0.39, 0.29) is 30.1 Å². The fraction of sp³-hybridized carbons (Fsp3) is 0.429. The monoisotopic (exact) mass is 315 g/mol. The van der Waals surface area contributed by atoms with Crippen molar-refractivity contribution >= 4 is 29.9 Å². The van der Waals surface area contributed by atoms with E-state index in [9.17, 15) is 9.59 Å². The van der Waals surface area contributed by atoms with Crippen LogP contribution in [0.15, 0.2) is 24.3 Å². The average molecular weight is 316 g/mol. The largest absolute Gasteiger partial charge is 0.493 e. The van der Waals surface area contributed by atoms with Crippen LogP contribution < -0.4 is 21.1 Å². The van der Waals surface area contributed by atoms with E-state index in [0.717, 1.165) is 0 Å². The van der Waals surface area contributed by atoms with Crippen LogP contribution in [0.25, 0.3) is 0 Å². The van der Waals surface area contributed by atoms with Gasteiger partial charge in [0.1, 0.15) is 5.75 Å². The third-order valence-corrected chi connectivity index (χ3v) is 2.80. The SMILES string of the molecule is CNC(=O)CCOc1ccc(NC(=O)C(C)CN)cc1.Cl. The average Bonchev–Trinajstić information content (AvgIpc) is 2.47. The highest BCUT2D eigenvalue weighted by molar-refractivity contribution is 5.92. The summed E-state index contributed by atoms with van der Waals surface area (Å²) in [6, 6.07) is 6.98. The molecular formula is C14H22ClN3O3. The number of benzene rings is 1. The molecule has 21 heavy (non-hydrogen) atoms. The summed E-state index contributed by atoms with van der Waals surface area (Å²) in [6.07, 6.45) is 0.309. The Morgan fingerprint density at radius 2 is 1.90 bits per heavy atom. The molecule has 1 rings (SSSR count). The molecule has 2 amide bonds. The van der Waals surface area contributed by atoms with Crippen LogP contribution in [0.1, 0.15) is 13.3 Å². The van der Waals surface area contributed by atoms with Gasteiger partial charge in [0.05, 0.1) is 13.0 Å². The molecule has 0 saturated carbocycles. The van der Waals surface area contributed by atoms with Crippen LogP contribution in [-0.2, 0) is 9.59 Å². The number of amides is 2. The Morgan fingerprint density at radius 1 is 1.29 bits per heavy atom. The van der Waals surface area contributed by atoms with E-state index in [1.807, 2.05) is 0 Å². The lowest BCUT2D eigenvalue weighted by Gasteiger charge is -2.11. The number of nitrogens with one attached hydrogen (secondary N) is 2. The molecule has 118 valence electrons. The summed E-state index contributed by atoms with van der Waals surface area (Å²) in [6.45, 7) is 2.40. The van der Waals surface area contributed by atoms with Crippen LogP contribution in [0.4, 0.5) is 5.69 Å². The molecule has 6 nitrogen and oxygen atoms in total. The van der Waals surface area contributed by atoms with Gasteiger partial charge in [0, 0.05) is 25.2 Å². The van der Waals surface area contributed by atoms with Crippen molar-refractivity contribution in [2.24, 2.45) is 11.7 Å². The van der Waals surface area contributed by atoms with Crippen molar-refractivity contribution in [3.8, 4) is 5.75 Å². The normalized spacial score (nSPS) is 11.0. The van der Waals surface area contributed by atoms with Crippen LogP contribution in [-0.4, -0.2) is 32.0 Å². The van der Waals surface area contributed by atoms with E-state index in [1.165, 1.54) is 0 Å². The Labute approximate surface area is 130 Å². The predicted octanol–water partition coefficient (Wildman–Crippen LogP) is 1.16. The maximum atomic E-state index is 11.6. The summed E-state index contributed by atoms with van der Waals surface area (Å²) >= 11 is 0.